The fourth-order valence-electron chi connectivity index (χ4n) is 2.03. The van der Waals surface area contributed by atoms with Gasteiger partial charge in [0, 0.05) is 19.5 Å². The molecule has 0 aliphatic carbocycles. The van der Waals surface area contributed by atoms with Crippen LogP contribution in [0, 0.1) is 0 Å². The molecule has 1 atom stereocenters. The number of carbonyl (C=O) groups excluding carboxylic acids is 1. The molecular formula is C12H22N2O3. The summed E-state index contributed by atoms with van der Waals surface area (Å²) >= 11 is 0. The lowest BCUT2D eigenvalue weighted by atomic mass is 10.1. The average molecular weight is 242 g/mol. The van der Waals surface area contributed by atoms with Gasteiger partial charge in [0.05, 0.1) is 6.04 Å². The minimum atomic E-state index is -0.790. The van der Waals surface area contributed by atoms with Gasteiger partial charge < -0.3 is 15.3 Å². The molecule has 0 radical (unpaired) electrons. The van der Waals surface area contributed by atoms with Crippen molar-refractivity contribution in [3.05, 3.63) is 0 Å². The van der Waals surface area contributed by atoms with Gasteiger partial charge in [-0.3, -0.25) is 9.59 Å². The zero-order valence-electron chi connectivity index (χ0n) is 10.4. The topological polar surface area (TPSA) is 69.6 Å². The van der Waals surface area contributed by atoms with E-state index >= 15 is 0 Å². The van der Waals surface area contributed by atoms with E-state index in [1.54, 1.807) is 0 Å². The number of rotatable bonds is 6. The maximum Gasteiger partial charge on any atom is 0.303 e. The minimum Gasteiger partial charge on any atom is -0.481 e. The Bertz CT molecular complexity index is 262. The first-order valence-corrected chi connectivity index (χ1v) is 6.35. The Hall–Kier alpha value is -1.10. The molecule has 0 saturated carbocycles. The number of likely N-dealkylation sites (tertiary alicyclic amines) is 1. The van der Waals surface area contributed by atoms with Crippen molar-refractivity contribution in [3.8, 4) is 0 Å². The van der Waals surface area contributed by atoms with Crippen LogP contribution in [-0.2, 0) is 9.59 Å². The number of aliphatic carboxylic acids is 1. The molecule has 1 aliphatic rings. The van der Waals surface area contributed by atoms with Crippen molar-refractivity contribution in [1.82, 2.24) is 10.2 Å². The molecule has 1 aliphatic heterocycles. The maximum absolute atomic E-state index is 12.0. The van der Waals surface area contributed by atoms with Gasteiger partial charge >= 0.3 is 5.97 Å². The second-order valence-corrected chi connectivity index (χ2v) is 4.56. The molecule has 1 heterocycles. The van der Waals surface area contributed by atoms with Gasteiger partial charge in [-0.15, -0.1) is 0 Å². The Morgan fingerprint density at radius 3 is 2.53 bits per heavy atom. The van der Waals surface area contributed by atoms with E-state index in [0.29, 0.717) is 13.0 Å². The molecule has 17 heavy (non-hydrogen) atoms. The van der Waals surface area contributed by atoms with Crippen LogP contribution in [0.2, 0.25) is 0 Å². The second-order valence-electron chi connectivity index (χ2n) is 4.56. The molecule has 1 saturated heterocycles. The summed E-state index contributed by atoms with van der Waals surface area (Å²) in [4.78, 5) is 24.2. The lowest BCUT2D eigenvalue weighted by Gasteiger charge is -2.29. The molecule has 0 aromatic rings. The first-order chi connectivity index (χ1) is 8.11. The summed E-state index contributed by atoms with van der Waals surface area (Å²) < 4.78 is 0. The van der Waals surface area contributed by atoms with Crippen LogP contribution in [0.25, 0.3) is 0 Å². The average Bonchev–Trinajstić information content (AvgIpc) is 2.34. The van der Waals surface area contributed by atoms with Crippen molar-refractivity contribution < 1.29 is 14.7 Å². The highest BCUT2D eigenvalue weighted by molar-refractivity contribution is 5.81. The standard InChI is InChI=1S/C12H22N2O3/c1-10(13-7-5-6-11(15)16)12(17)14-8-3-2-4-9-14/h10,13H,2-9H2,1H3,(H,15,16). The van der Waals surface area contributed by atoms with Crippen LogP contribution in [0.5, 0.6) is 0 Å². The molecular weight excluding hydrogens is 220 g/mol. The van der Waals surface area contributed by atoms with Crippen LogP contribution in [0.3, 0.4) is 0 Å². The van der Waals surface area contributed by atoms with Crippen LogP contribution < -0.4 is 5.32 Å². The van der Waals surface area contributed by atoms with E-state index in [1.807, 2.05) is 11.8 Å². The first-order valence-electron chi connectivity index (χ1n) is 6.35. The summed E-state index contributed by atoms with van der Waals surface area (Å²) in [6, 6.07) is -0.207. The number of nitrogens with zero attached hydrogens (tertiary/aromatic N) is 1. The highest BCUT2D eigenvalue weighted by Crippen LogP contribution is 2.09. The summed E-state index contributed by atoms with van der Waals surface area (Å²) in [5, 5.41) is 11.6. The van der Waals surface area contributed by atoms with Gasteiger partial charge in [-0.1, -0.05) is 0 Å². The normalized spacial score (nSPS) is 17.8. The predicted octanol–water partition coefficient (Wildman–Crippen LogP) is 0.842. The molecule has 98 valence electrons. The molecule has 0 bridgehead atoms. The van der Waals surface area contributed by atoms with E-state index in [2.05, 4.69) is 5.32 Å². The molecule has 1 rings (SSSR count). The largest absolute Gasteiger partial charge is 0.481 e. The summed E-state index contributed by atoms with van der Waals surface area (Å²) in [6.45, 7) is 4.14. The van der Waals surface area contributed by atoms with E-state index in [-0.39, 0.29) is 18.4 Å². The van der Waals surface area contributed by atoms with Gasteiger partial charge in [-0.05, 0) is 39.2 Å². The molecule has 1 fully saturated rings. The van der Waals surface area contributed by atoms with Crippen molar-refractivity contribution in [2.24, 2.45) is 0 Å². The van der Waals surface area contributed by atoms with Crippen molar-refractivity contribution in [3.63, 3.8) is 0 Å². The Morgan fingerprint density at radius 1 is 1.29 bits per heavy atom. The molecule has 1 unspecified atom stereocenters. The molecule has 2 N–H and O–H groups in total. The number of carboxylic acid groups (broad SMARTS) is 1. The van der Waals surface area contributed by atoms with E-state index in [1.165, 1.54) is 6.42 Å². The molecule has 0 aromatic carbocycles. The SMILES string of the molecule is CC(NCCCC(=O)O)C(=O)N1CCCCC1. The number of amides is 1. The van der Waals surface area contributed by atoms with E-state index in [0.717, 1.165) is 25.9 Å². The van der Waals surface area contributed by atoms with E-state index < -0.39 is 5.97 Å². The van der Waals surface area contributed by atoms with Crippen molar-refractivity contribution in [2.45, 2.75) is 45.1 Å². The predicted molar refractivity (Wildman–Crippen MR) is 64.8 cm³/mol. The van der Waals surface area contributed by atoms with Gasteiger partial charge in [0.1, 0.15) is 0 Å². The lowest BCUT2D eigenvalue weighted by molar-refractivity contribution is -0.137. The van der Waals surface area contributed by atoms with Crippen molar-refractivity contribution >= 4 is 11.9 Å². The van der Waals surface area contributed by atoms with E-state index in [4.69, 9.17) is 5.11 Å². The monoisotopic (exact) mass is 242 g/mol. The number of hydrogen-bond acceptors (Lipinski definition) is 3. The van der Waals surface area contributed by atoms with Gasteiger partial charge in [0.25, 0.3) is 0 Å². The number of nitrogens with one attached hydrogen (secondary N) is 1. The molecule has 5 heteroatoms. The fourth-order valence-corrected chi connectivity index (χ4v) is 2.03. The van der Waals surface area contributed by atoms with Gasteiger partial charge in [-0.2, -0.15) is 0 Å². The quantitative estimate of drug-likeness (QED) is 0.677. The number of carboxylic acids is 1. The third kappa shape index (κ3) is 5.17. The summed E-state index contributed by atoms with van der Waals surface area (Å²) in [7, 11) is 0. The smallest absolute Gasteiger partial charge is 0.303 e. The second kappa shape index (κ2) is 7.27. The lowest BCUT2D eigenvalue weighted by Crippen LogP contribution is -2.47. The van der Waals surface area contributed by atoms with Crippen molar-refractivity contribution in [2.75, 3.05) is 19.6 Å². The van der Waals surface area contributed by atoms with Crippen LogP contribution in [0.4, 0.5) is 0 Å². The molecule has 0 spiro atoms. The maximum atomic E-state index is 12.0. The van der Waals surface area contributed by atoms with Crippen molar-refractivity contribution in [1.29, 1.82) is 0 Å². The summed E-state index contributed by atoms with van der Waals surface area (Å²) in [5.41, 5.74) is 0. The van der Waals surface area contributed by atoms with Gasteiger partial charge in [0.2, 0.25) is 5.91 Å². The Labute approximate surface area is 102 Å². The van der Waals surface area contributed by atoms with Crippen LogP contribution in [-0.4, -0.2) is 47.6 Å². The molecule has 0 aromatic heterocycles. The number of piperidine rings is 1. The van der Waals surface area contributed by atoms with Gasteiger partial charge in [-0.25, -0.2) is 0 Å². The van der Waals surface area contributed by atoms with Gasteiger partial charge in [0.15, 0.2) is 0 Å². The Balaban J connectivity index is 2.19. The third-order valence-electron chi connectivity index (χ3n) is 3.06. The summed E-state index contributed by atoms with van der Waals surface area (Å²) in [6.07, 6.45) is 4.11. The van der Waals surface area contributed by atoms with Crippen LogP contribution in [0.1, 0.15) is 39.0 Å². The zero-order chi connectivity index (χ0) is 12.7. The first kappa shape index (κ1) is 14.0. The highest BCUT2D eigenvalue weighted by atomic mass is 16.4. The number of carbonyl (C=O) groups is 2. The highest BCUT2D eigenvalue weighted by Gasteiger charge is 2.21. The summed E-state index contributed by atoms with van der Waals surface area (Å²) in [5.74, 6) is -0.651. The third-order valence-corrected chi connectivity index (χ3v) is 3.06. The van der Waals surface area contributed by atoms with Crippen LogP contribution >= 0.6 is 0 Å². The zero-order valence-corrected chi connectivity index (χ0v) is 10.4. The Morgan fingerprint density at radius 2 is 1.94 bits per heavy atom. The molecule has 5 nitrogen and oxygen atoms in total. The van der Waals surface area contributed by atoms with Crippen LogP contribution in [0.15, 0.2) is 0 Å². The number of hydrogen-bond donors (Lipinski definition) is 2. The fraction of sp³-hybridized carbons (Fsp3) is 0.833. The minimum absolute atomic E-state index is 0.139. The Kier molecular flexibility index (Phi) is 5.97. The molecule has 1 amide bonds. The van der Waals surface area contributed by atoms with E-state index in [9.17, 15) is 9.59 Å².